The van der Waals surface area contributed by atoms with E-state index in [4.69, 9.17) is 4.55 Å². The van der Waals surface area contributed by atoms with Crippen LogP contribution in [0.5, 0.6) is 0 Å². The fourth-order valence-electron chi connectivity index (χ4n) is 3.23. The standard InChI is InChI=1S/C16H16N4O4S/c21-16(17-5-6-25(22,23)24)9-2-4-13-12(7-9)11-3-1-10-8-18-20-14(10)15(11)19-13/h2,4,7-8,19H,1,3,5-6H2,(H,17,21)(H,18,20)(H,22,23,24). The highest BCUT2D eigenvalue weighted by atomic mass is 32.2. The van der Waals surface area contributed by atoms with E-state index in [1.54, 1.807) is 12.1 Å². The normalized spacial score (nSPS) is 13.5. The quantitative estimate of drug-likeness (QED) is 0.521. The number of carbonyl (C=O) groups is 1. The zero-order chi connectivity index (χ0) is 17.6. The molecule has 25 heavy (non-hydrogen) atoms. The second kappa shape index (κ2) is 5.71. The van der Waals surface area contributed by atoms with Crippen molar-refractivity contribution >= 4 is 26.9 Å². The Hall–Kier alpha value is -2.65. The predicted molar refractivity (Wildman–Crippen MR) is 92.0 cm³/mol. The van der Waals surface area contributed by atoms with E-state index in [1.165, 1.54) is 5.56 Å². The Labute approximate surface area is 143 Å². The Morgan fingerprint density at radius 2 is 2.12 bits per heavy atom. The van der Waals surface area contributed by atoms with Gasteiger partial charge in [-0.3, -0.25) is 14.4 Å². The Balaban J connectivity index is 1.64. The molecular weight excluding hydrogens is 344 g/mol. The number of rotatable bonds is 4. The van der Waals surface area contributed by atoms with Crippen molar-refractivity contribution in [2.24, 2.45) is 0 Å². The SMILES string of the molecule is O=C(NCCS(=O)(=O)O)c1ccc2[nH]c3c(c2c1)CCc1cn[nH]c1-3. The summed E-state index contributed by atoms with van der Waals surface area (Å²) in [5.41, 5.74) is 5.66. The maximum Gasteiger partial charge on any atom is 0.266 e. The van der Waals surface area contributed by atoms with E-state index >= 15 is 0 Å². The van der Waals surface area contributed by atoms with Crippen LogP contribution in [0.1, 0.15) is 21.5 Å². The van der Waals surface area contributed by atoms with Gasteiger partial charge in [0.05, 0.1) is 23.3 Å². The van der Waals surface area contributed by atoms with Crippen LogP contribution in [-0.4, -0.2) is 46.4 Å². The summed E-state index contributed by atoms with van der Waals surface area (Å²) in [6.45, 7) is -0.140. The van der Waals surface area contributed by atoms with Crippen LogP contribution in [0.4, 0.5) is 0 Å². The van der Waals surface area contributed by atoms with Gasteiger partial charge in [0, 0.05) is 23.0 Å². The second-order valence-electron chi connectivity index (χ2n) is 6.05. The first-order chi connectivity index (χ1) is 11.9. The van der Waals surface area contributed by atoms with Gasteiger partial charge >= 0.3 is 0 Å². The van der Waals surface area contributed by atoms with Crippen LogP contribution in [0.15, 0.2) is 24.4 Å². The fraction of sp³-hybridized carbons (Fsp3) is 0.250. The molecule has 9 heteroatoms. The molecule has 1 aliphatic carbocycles. The molecule has 4 rings (SSSR count). The van der Waals surface area contributed by atoms with Crippen LogP contribution < -0.4 is 5.32 Å². The Morgan fingerprint density at radius 1 is 1.28 bits per heavy atom. The Kier molecular flexibility index (Phi) is 3.62. The number of aromatic amines is 2. The van der Waals surface area contributed by atoms with Gasteiger partial charge in [0.15, 0.2) is 0 Å². The van der Waals surface area contributed by atoms with Crippen molar-refractivity contribution in [1.82, 2.24) is 20.5 Å². The van der Waals surface area contributed by atoms with Crippen molar-refractivity contribution in [3.63, 3.8) is 0 Å². The second-order valence-corrected chi connectivity index (χ2v) is 7.62. The molecule has 0 fully saturated rings. The number of aromatic nitrogens is 3. The lowest BCUT2D eigenvalue weighted by atomic mass is 9.93. The van der Waals surface area contributed by atoms with Gasteiger partial charge in [-0.2, -0.15) is 13.5 Å². The van der Waals surface area contributed by atoms with Gasteiger partial charge in [0.2, 0.25) is 0 Å². The first kappa shape index (κ1) is 15.9. The number of H-pyrrole nitrogens is 2. The molecule has 0 bridgehead atoms. The zero-order valence-corrected chi connectivity index (χ0v) is 14.0. The average molecular weight is 360 g/mol. The van der Waals surface area contributed by atoms with Crippen LogP contribution >= 0.6 is 0 Å². The van der Waals surface area contributed by atoms with Gasteiger partial charge in [0.1, 0.15) is 0 Å². The van der Waals surface area contributed by atoms with E-state index in [0.717, 1.165) is 40.7 Å². The van der Waals surface area contributed by atoms with Crippen LogP contribution in [0.2, 0.25) is 0 Å². The van der Waals surface area contributed by atoms with Gasteiger partial charge in [0.25, 0.3) is 16.0 Å². The lowest BCUT2D eigenvalue weighted by Crippen LogP contribution is -2.28. The Morgan fingerprint density at radius 3 is 2.92 bits per heavy atom. The monoisotopic (exact) mass is 360 g/mol. The molecule has 1 aromatic carbocycles. The molecular formula is C16H16N4O4S. The summed E-state index contributed by atoms with van der Waals surface area (Å²) in [4.78, 5) is 15.6. The first-order valence-electron chi connectivity index (χ1n) is 7.83. The summed E-state index contributed by atoms with van der Waals surface area (Å²) >= 11 is 0. The number of aryl methyl sites for hydroxylation is 2. The van der Waals surface area contributed by atoms with E-state index < -0.39 is 15.9 Å². The highest BCUT2D eigenvalue weighted by molar-refractivity contribution is 7.85. The number of benzene rings is 1. The van der Waals surface area contributed by atoms with Crippen molar-refractivity contribution in [1.29, 1.82) is 0 Å². The van der Waals surface area contributed by atoms with Crippen LogP contribution in [0.25, 0.3) is 22.3 Å². The summed E-state index contributed by atoms with van der Waals surface area (Å²) in [5.74, 6) is -0.887. The molecule has 0 aliphatic heterocycles. The van der Waals surface area contributed by atoms with E-state index in [1.807, 2.05) is 12.3 Å². The molecule has 0 atom stereocenters. The lowest BCUT2D eigenvalue weighted by Gasteiger charge is -2.11. The first-order valence-corrected chi connectivity index (χ1v) is 9.44. The third-order valence-corrected chi connectivity index (χ3v) is 5.15. The fourth-order valence-corrected chi connectivity index (χ4v) is 3.59. The summed E-state index contributed by atoms with van der Waals surface area (Å²) in [7, 11) is -4.09. The van der Waals surface area contributed by atoms with Gasteiger partial charge in [-0.25, -0.2) is 0 Å². The minimum absolute atomic E-state index is 0.140. The molecule has 0 saturated carbocycles. The molecule has 3 aromatic rings. The molecule has 130 valence electrons. The maximum absolute atomic E-state index is 12.2. The topological polar surface area (TPSA) is 128 Å². The smallest absolute Gasteiger partial charge is 0.266 e. The number of amides is 1. The molecule has 1 aliphatic rings. The Bertz CT molecular complexity index is 1080. The van der Waals surface area contributed by atoms with Crippen molar-refractivity contribution in [3.8, 4) is 11.4 Å². The predicted octanol–water partition coefficient (Wildman–Crippen LogP) is 1.27. The third-order valence-electron chi connectivity index (χ3n) is 4.43. The average Bonchev–Trinajstić information content (AvgIpc) is 3.16. The number of nitrogens with one attached hydrogen (secondary N) is 3. The number of hydrogen-bond donors (Lipinski definition) is 4. The molecule has 2 heterocycles. The van der Waals surface area contributed by atoms with Crippen LogP contribution in [0, 0.1) is 0 Å². The summed E-state index contributed by atoms with van der Waals surface area (Å²) < 4.78 is 30.2. The van der Waals surface area contributed by atoms with E-state index in [-0.39, 0.29) is 12.5 Å². The molecule has 4 N–H and O–H groups in total. The van der Waals surface area contributed by atoms with E-state index in [0.29, 0.717) is 5.56 Å². The molecule has 0 spiro atoms. The minimum atomic E-state index is -4.09. The van der Waals surface area contributed by atoms with Crippen molar-refractivity contribution in [3.05, 3.63) is 41.1 Å². The molecule has 1 amide bonds. The molecule has 2 aromatic heterocycles. The van der Waals surface area contributed by atoms with Crippen molar-refractivity contribution < 1.29 is 17.8 Å². The van der Waals surface area contributed by atoms with Crippen LogP contribution in [0.3, 0.4) is 0 Å². The summed E-state index contributed by atoms with van der Waals surface area (Å²) in [5, 5.41) is 10.6. The van der Waals surface area contributed by atoms with Gasteiger partial charge in [-0.1, -0.05) is 0 Å². The molecule has 0 saturated heterocycles. The summed E-state index contributed by atoms with van der Waals surface area (Å²) in [6.07, 6.45) is 3.57. The largest absolute Gasteiger partial charge is 0.353 e. The maximum atomic E-state index is 12.2. The van der Waals surface area contributed by atoms with Crippen molar-refractivity contribution in [2.45, 2.75) is 12.8 Å². The highest BCUT2D eigenvalue weighted by Gasteiger charge is 2.22. The van der Waals surface area contributed by atoms with Crippen LogP contribution in [-0.2, 0) is 23.0 Å². The van der Waals surface area contributed by atoms with Crippen molar-refractivity contribution in [2.75, 3.05) is 12.3 Å². The molecule has 0 radical (unpaired) electrons. The van der Waals surface area contributed by atoms with Gasteiger partial charge < -0.3 is 10.3 Å². The minimum Gasteiger partial charge on any atom is -0.353 e. The number of nitrogens with zero attached hydrogens (tertiary/aromatic N) is 1. The third kappa shape index (κ3) is 2.92. The molecule has 8 nitrogen and oxygen atoms in total. The van der Waals surface area contributed by atoms with Gasteiger partial charge in [-0.05, 0) is 42.2 Å². The van der Waals surface area contributed by atoms with E-state index in [9.17, 15) is 13.2 Å². The number of carbonyl (C=O) groups excluding carboxylic acids is 1. The lowest BCUT2D eigenvalue weighted by molar-refractivity contribution is 0.0956. The number of fused-ring (bicyclic) bond motifs is 5. The van der Waals surface area contributed by atoms with Gasteiger partial charge in [-0.15, -0.1) is 0 Å². The summed E-state index contributed by atoms with van der Waals surface area (Å²) in [6, 6.07) is 5.32. The zero-order valence-electron chi connectivity index (χ0n) is 13.2. The van der Waals surface area contributed by atoms with E-state index in [2.05, 4.69) is 20.5 Å². The number of hydrogen-bond acceptors (Lipinski definition) is 4. The highest BCUT2D eigenvalue weighted by Crippen LogP contribution is 2.36. The molecule has 0 unspecified atom stereocenters.